The molecule has 5 aliphatic rings. The van der Waals surface area contributed by atoms with Gasteiger partial charge in [-0.25, -0.2) is 32.1 Å². The quantitative estimate of drug-likeness (QED) is 0.0928. The van der Waals surface area contributed by atoms with Gasteiger partial charge in [0.05, 0.1) is 28.5 Å². The second kappa shape index (κ2) is 20.8. The number of pyridine rings is 3. The molecule has 0 amide bonds. The van der Waals surface area contributed by atoms with Crippen LogP contribution in [0, 0.1) is 51.8 Å². The number of aromatic nitrogens is 4. The maximum atomic E-state index is 15.9. The van der Waals surface area contributed by atoms with Crippen LogP contribution in [0.15, 0.2) is 96.8 Å². The van der Waals surface area contributed by atoms with Gasteiger partial charge < -0.3 is 15.5 Å². The number of anilines is 1. The van der Waals surface area contributed by atoms with Gasteiger partial charge in [0.25, 0.3) is 0 Å². The van der Waals surface area contributed by atoms with E-state index in [2.05, 4.69) is 60.9 Å². The van der Waals surface area contributed by atoms with E-state index < -0.39 is 23.3 Å². The first kappa shape index (κ1) is 48.8. The first-order valence-corrected chi connectivity index (χ1v) is 25.6. The monoisotopic (exact) mass is 999 g/mol. The summed E-state index contributed by atoms with van der Waals surface area (Å²) in [7, 11) is 0. The zero-order chi connectivity index (χ0) is 51.0. The number of hydrogen-bond acceptors (Lipinski definition) is 12. The lowest BCUT2D eigenvalue weighted by molar-refractivity contribution is 0.169. The van der Waals surface area contributed by atoms with Crippen LogP contribution >= 0.6 is 0 Å². The maximum Gasteiger partial charge on any atom is 0.130 e. The fourth-order valence-electron chi connectivity index (χ4n) is 11.2. The zero-order valence-electron chi connectivity index (χ0n) is 41.4. The Hall–Kier alpha value is -7.44. The van der Waals surface area contributed by atoms with Crippen molar-refractivity contribution in [2.45, 2.75) is 64.1 Å². The molecule has 4 aromatic heterocycles. The molecule has 2 atom stereocenters. The SMILES string of the molecule is CC1CC(N2CCN(Cc3c(F)cc(CN4CCC(c5cc(-c6ccc(N7CCN(Cc8c(F)cccc8F)CC7)nc6)c6c(C#N)cnn6c5)C4)cc3F)CC2)=NC=C1c1cc(C2CC2)cnc1C(C#N)=CN. The molecule has 8 heterocycles. The number of fused-ring (bicyclic) bond motifs is 1. The number of amidine groups is 1. The number of benzene rings is 2. The minimum absolute atomic E-state index is 0.0789. The Morgan fingerprint density at radius 1 is 0.716 bits per heavy atom. The van der Waals surface area contributed by atoms with Crippen molar-refractivity contribution < 1.29 is 17.6 Å². The van der Waals surface area contributed by atoms with Gasteiger partial charge in [0.1, 0.15) is 47.1 Å². The summed E-state index contributed by atoms with van der Waals surface area (Å²) in [5.74, 6) is 0.391. The van der Waals surface area contributed by atoms with Crippen molar-refractivity contribution in [3.8, 4) is 23.3 Å². The molecule has 74 heavy (non-hydrogen) atoms. The Bertz CT molecular complexity index is 3230. The molecule has 2 unspecified atom stereocenters. The third-order valence-electron chi connectivity index (χ3n) is 15.6. The number of hydrogen-bond donors (Lipinski definition) is 1. The van der Waals surface area contributed by atoms with E-state index in [0.29, 0.717) is 99.3 Å². The summed E-state index contributed by atoms with van der Waals surface area (Å²) in [6, 6.07) is 19.6. The molecule has 4 fully saturated rings. The van der Waals surface area contributed by atoms with Gasteiger partial charge in [-0.15, -0.1) is 0 Å². The lowest BCUT2D eigenvalue weighted by atomic mass is 9.87. The Labute approximate surface area is 428 Å². The molecule has 13 nitrogen and oxygen atoms in total. The zero-order valence-corrected chi connectivity index (χ0v) is 41.4. The topological polar surface area (TPSA) is 145 Å². The van der Waals surface area contributed by atoms with Crippen molar-refractivity contribution in [1.29, 1.82) is 10.5 Å². The van der Waals surface area contributed by atoms with Gasteiger partial charge in [-0.2, -0.15) is 15.6 Å². The number of aliphatic imine (C=N–C) groups is 1. The van der Waals surface area contributed by atoms with Gasteiger partial charge in [-0.1, -0.05) is 13.0 Å². The van der Waals surface area contributed by atoms with Crippen molar-refractivity contribution in [2.24, 2.45) is 16.6 Å². The minimum atomic E-state index is -0.537. The number of nitrogens with two attached hydrogens (primary N) is 1. The molecule has 3 saturated heterocycles. The number of likely N-dealkylation sites (tertiary alicyclic amines) is 1. The molecular weight excluding hydrogens is 943 g/mol. The summed E-state index contributed by atoms with van der Waals surface area (Å²) >= 11 is 0. The summed E-state index contributed by atoms with van der Waals surface area (Å²) in [5, 5.41) is 24.4. The van der Waals surface area contributed by atoms with Crippen LogP contribution in [-0.2, 0) is 19.6 Å². The Kier molecular flexibility index (Phi) is 13.7. The summed E-state index contributed by atoms with van der Waals surface area (Å²) < 4.78 is 62.2. The van der Waals surface area contributed by atoms with Gasteiger partial charge in [0.15, 0.2) is 0 Å². The number of nitrogens with zero attached hydrogens (tertiary/aromatic N) is 12. The van der Waals surface area contributed by atoms with E-state index in [1.165, 1.54) is 42.1 Å². The molecular formula is C57H57F4N13. The average Bonchev–Trinajstić information content (AvgIpc) is 4.02. The number of halogens is 4. The van der Waals surface area contributed by atoms with Crippen LogP contribution < -0.4 is 10.6 Å². The number of piperazine rings is 2. The highest BCUT2D eigenvalue weighted by molar-refractivity contribution is 5.91. The molecule has 2 N–H and O–H groups in total. The normalized spacial score (nSPS) is 20.2. The molecule has 11 rings (SSSR count). The first-order valence-electron chi connectivity index (χ1n) is 25.6. The van der Waals surface area contributed by atoms with Crippen molar-refractivity contribution in [1.82, 2.24) is 39.2 Å². The van der Waals surface area contributed by atoms with Crippen LogP contribution in [0.5, 0.6) is 0 Å². The van der Waals surface area contributed by atoms with Crippen LogP contribution in [0.4, 0.5) is 23.4 Å². The van der Waals surface area contributed by atoms with Gasteiger partial charge >= 0.3 is 0 Å². The van der Waals surface area contributed by atoms with E-state index in [1.807, 2.05) is 41.8 Å². The summed E-state index contributed by atoms with van der Waals surface area (Å²) in [5.41, 5.74) is 14.5. The van der Waals surface area contributed by atoms with Crippen molar-refractivity contribution in [2.75, 3.05) is 70.3 Å². The van der Waals surface area contributed by atoms with Crippen LogP contribution in [-0.4, -0.2) is 110 Å². The predicted octanol–water partition coefficient (Wildman–Crippen LogP) is 8.83. The highest BCUT2D eigenvalue weighted by Crippen LogP contribution is 2.43. The lowest BCUT2D eigenvalue weighted by Gasteiger charge is -2.38. The van der Waals surface area contributed by atoms with Crippen LogP contribution in [0.2, 0.25) is 0 Å². The smallest absolute Gasteiger partial charge is 0.130 e. The number of allylic oxidation sites excluding steroid dienone is 2. The largest absolute Gasteiger partial charge is 0.403 e. The lowest BCUT2D eigenvalue weighted by Crippen LogP contribution is -2.49. The Balaban J connectivity index is 0.707. The fourth-order valence-corrected chi connectivity index (χ4v) is 11.2. The second-order valence-corrected chi connectivity index (χ2v) is 20.4. The molecule has 378 valence electrons. The molecule has 4 aliphatic heterocycles. The van der Waals surface area contributed by atoms with E-state index in [-0.39, 0.29) is 36.1 Å². The molecule has 1 aliphatic carbocycles. The average molecular weight is 1000 g/mol. The molecule has 1 saturated carbocycles. The van der Waals surface area contributed by atoms with Crippen LogP contribution in [0.1, 0.15) is 89.1 Å². The first-order chi connectivity index (χ1) is 36.0. The summed E-state index contributed by atoms with van der Waals surface area (Å²) in [4.78, 5) is 25.2. The number of nitriles is 2. The molecule has 17 heteroatoms. The van der Waals surface area contributed by atoms with Gasteiger partial charge in [-0.3, -0.25) is 19.7 Å². The highest BCUT2D eigenvalue weighted by atomic mass is 19.1. The van der Waals surface area contributed by atoms with Crippen molar-refractivity contribution in [3.63, 3.8) is 0 Å². The van der Waals surface area contributed by atoms with Gasteiger partial charge in [0.2, 0.25) is 0 Å². The fraction of sp³-hybridized carbons (Fsp3) is 0.368. The van der Waals surface area contributed by atoms with Gasteiger partial charge in [0, 0.05) is 144 Å². The summed E-state index contributed by atoms with van der Waals surface area (Å²) in [6.45, 7) is 9.60. The van der Waals surface area contributed by atoms with Crippen LogP contribution in [0.3, 0.4) is 0 Å². The van der Waals surface area contributed by atoms with Crippen molar-refractivity contribution >= 4 is 28.3 Å². The van der Waals surface area contributed by atoms with Crippen LogP contribution in [0.25, 0.3) is 27.8 Å². The second-order valence-electron chi connectivity index (χ2n) is 20.4. The standard InChI is InChI=1S/C57H57F4N13/c1-36-19-55(66-30-47(36)46-22-41(38-5-6-38)28-67-56(46)43(24-62)25-63)73-17-13-70(14-18-73)35-49-52(60)20-37(21-53(49)61)31-71-10-9-40(32-71)42-23-45(57-44(26-64)29-68-74(57)33-42)39-7-8-54(65-27-39)72-15-11-69(12-16-72)34-48-50(58)3-2-4-51(48)59/h2-4,7-8,20-24,27-30,33,36,38,40H,5-6,9-19,31-32,34-35,62H2,1H3. The predicted molar refractivity (Wildman–Crippen MR) is 276 cm³/mol. The Morgan fingerprint density at radius 3 is 2.04 bits per heavy atom. The third kappa shape index (κ3) is 9.99. The molecule has 0 spiro atoms. The Morgan fingerprint density at radius 2 is 1.41 bits per heavy atom. The van der Waals surface area contributed by atoms with E-state index in [1.54, 1.807) is 10.7 Å². The molecule has 6 aromatic rings. The molecule has 0 bridgehead atoms. The highest BCUT2D eigenvalue weighted by Gasteiger charge is 2.31. The van der Waals surface area contributed by atoms with E-state index >= 15 is 8.78 Å². The van der Waals surface area contributed by atoms with E-state index in [9.17, 15) is 19.3 Å². The minimum Gasteiger partial charge on any atom is -0.403 e. The summed E-state index contributed by atoms with van der Waals surface area (Å²) in [6.07, 6.45) is 14.3. The van der Waals surface area contributed by atoms with Gasteiger partial charge in [-0.05, 0) is 114 Å². The molecule has 0 radical (unpaired) electrons. The number of rotatable bonds is 12. The van der Waals surface area contributed by atoms with E-state index in [4.69, 9.17) is 15.7 Å². The maximum absolute atomic E-state index is 15.9. The van der Waals surface area contributed by atoms with Crippen molar-refractivity contribution in [3.05, 3.63) is 160 Å². The third-order valence-corrected chi connectivity index (χ3v) is 15.6. The van der Waals surface area contributed by atoms with E-state index in [0.717, 1.165) is 71.7 Å². The molecule has 2 aromatic carbocycles.